The van der Waals surface area contributed by atoms with E-state index in [1.54, 1.807) is 0 Å². The van der Waals surface area contributed by atoms with Crippen LogP contribution in [0.3, 0.4) is 0 Å². The lowest BCUT2D eigenvalue weighted by molar-refractivity contribution is 0.670. The van der Waals surface area contributed by atoms with Crippen molar-refractivity contribution in [3.63, 3.8) is 0 Å². The summed E-state index contributed by atoms with van der Waals surface area (Å²) < 4.78 is 8.91. The number of furan rings is 1. The molecule has 2 aromatic heterocycles. The summed E-state index contributed by atoms with van der Waals surface area (Å²) in [6.07, 6.45) is 0. The Morgan fingerprint density at radius 2 is 0.768 bits per heavy atom. The van der Waals surface area contributed by atoms with Crippen LogP contribution in [0.2, 0.25) is 0 Å². The fourth-order valence-corrected chi connectivity index (χ4v) is 10.4. The summed E-state index contributed by atoms with van der Waals surface area (Å²) in [6, 6.07) is 96.1. The van der Waals surface area contributed by atoms with Gasteiger partial charge in [-0.2, -0.15) is 0 Å². The lowest BCUT2D eigenvalue weighted by Crippen LogP contribution is -2.10. The van der Waals surface area contributed by atoms with Crippen molar-refractivity contribution < 1.29 is 4.42 Å². The highest BCUT2D eigenvalue weighted by Crippen LogP contribution is 2.44. The third-order valence-electron chi connectivity index (χ3n) is 13.6. The van der Waals surface area contributed by atoms with E-state index in [4.69, 9.17) is 4.42 Å². The number of rotatable bonds is 9. The highest BCUT2D eigenvalue weighted by atomic mass is 16.3. The topological polar surface area (TPSA) is 21.3 Å². The molecule has 0 saturated heterocycles. The molecule has 13 rings (SSSR count). The molecule has 3 nitrogen and oxygen atoms in total. The molecular weight excluding hydrogens is 837 g/mol. The fourth-order valence-electron chi connectivity index (χ4n) is 10.4. The summed E-state index contributed by atoms with van der Waals surface area (Å²) in [5.74, 6) is 0. The van der Waals surface area contributed by atoms with Crippen molar-refractivity contribution in [2.24, 2.45) is 0 Å². The Hall–Kier alpha value is -9.18. The third kappa shape index (κ3) is 7.08. The number of para-hydroxylation sites is 5. The Morgan fingerprint density at radius 3 is 1.49 bits per heavy atom. The van der Waals surface area contributed by atoms with E-state index in [1.165, 1.54) is 49.6 Å². The van der Waals surface area contributed by atoms with Crippen LogP contribution in [0.4, 0.5) is 17.1 Å². The van der Waals surface area contributed by atoms with Crippen LogP contribution in [-0.4, -0.2) is 4.57 Å². The Kier molecular flexibility index (Phi) is 9.84. The molecule has 0 aliphatic rings. The monoisotopic (exact) mass is 880 g/mol. The van der Waals surface area contributed by atoms with Gasteiger partial charge >= 0.3 is 0 Å². The normalized spacial score (nSPS) is 11.5. The Balaban J connectivity index is 0.926. The van der Waals surface area contributed by atoms with Gasteiger partial charge in [0.15, 0.2) is 0 Å². The second-order valence-electron chi connectivity index (χ2n) is 17.6. The van der Waals surface area contributed by atoms with Gasteiger partial charge in [-0.05, 0) is 111 Å². The molecule has 0 bridgehead atoms. The Labute approximate surface area is 401 Å². The van der Waals surface area contributed by atoms with Gasteiger partial charge in [-0.1, -0.05) is 200 Å². The second kappa shape index (κ2) is 16.9. The van der Waals surface area contributed by atoms with Crippen LogP contribution in [0.1, 0.15) is 0 Å². The van der Waals surface area contributed by atoms with Crippen molar-refractivity contribution in [1.29, 1.82) is 0 Å². The molecule has 0 spiro atoms. The number of aromatic nitrogens is 1. The number of fused-ring (bicyclic) bond motifs is 6. The first-order chi connectivity index (χ1) is 34.2. The summed E-state index contributed by atoms with van der Waals surface area (Å²) in [7, 11) is 0. The summed E-state index contributed by atoms with van der Waals surface area (Å²) in [6.45, 7) is 0. The molecule has 11 aromatic carbocycles. The van der Waals surface area contributed by atoms with Crippen LogP contribution in [0.15, 0.2) is 271 Å². The molecule has 0 aliphatic carbocycles. The van der Waals surface area contributed by atoms with Crippen molar-refractivity contribution in [3.8, 4) is 61.3 Å². The van der Waals surface area contributed by atoms with Crippen molar-refractivity contribution in [1.82, 2.24) is 4.57 Å². The van der Waals surface area contributed by atoms with Crippen LogP contribution >= 0.6 is 0 Å². The predicted octanol–water partition coefficient (Wildman–Crippen LogP) is 18.5. The quantitative estimate of drug-likeness (QED) is 0.144. The minimum atomic E-state index is 0.898. The van der Waals surface area contributed by atoms with Gasteiger partial charge in [0.2, 0.25) is 0 Å². The first-order valence-corrected chi connectivity index (χ1v) is 23.6. The van der Waals surface area contributed by atoms with Crippen LogP contribution in [0, 0.1) is 0 Å². The second-order valence-corrected chi connectivity index (χ2v) is 17.6. The van der Waals surface area contributed by atoms with Gasteiger partial charge in [0.1, 0.15) is 11.2 Å². The van der Waals surface area contributed by atoms with E-state index in [0.29, 0.717) is 0 Å². The van der Waals surface area contributed by atoms with Crippen LogP contribution < -0.4 is 4.90 Å². The smallest absolute Gasteiger partial charge is 0.143 e. The summed E-state index contributed by atoms with van der Waals surface area (Å²) >= 11 is 0. The van der Waals surface area contributed by atoms with Gasteiger partial charge in [0.05, 0.1) is 16.7 Å². The van der Waals surface area contributed by atoms with Crippen molar-refractivity contribution >= 4 is 60.8 Å². The van der Waals surface area contributed by atoms with E-state index in [0.717, 1.165) is 72.5 Å². The molecule has 0 amide bonds. The highest BCUT2D eigenvalue weighted by molar-refractivity contribution is 6.11. The minimum Gasteiger partial charge on any atom is -0.455 e. The molecule has 2 heterocycles. The van der Waals surface area contributed by atoms with Crippen LogP contribution in [-0.2, 0) is 0 Å². The fraction of sp³-hybridized carbons (Fsp3) is 0. The number of benzene rings is 11. The van der Waals surface area contributed by atoms with Gasteiger partial charge in [-0.3, -0.25) is 0 Å². The molecule has 13 aromatic rings. The first kappa shape index (κ1) is 40.1. The SMILES string of the molecule is c1ccc(-c2cccc(-c3ccc(N(c4ccc(-c5cccc6c5oc5ccccc56)cc4)c4cccc(-c5ccccc5-c5ccccc5-n5c6ccccc6c6ccccc65)c4)cc3)c2)cc1. The minimum absolute atomic E-state index is 0.898. The van der Waals surface area contributed by atoms with Gasteiger partial charge in [0.25, 0.3) is 0 Å². The Morgan fingerprint density at radius 1 is 0.275 bits per heavy atom. The zero-order valence-corrected chi connectivity index (χ0v) is 37.7. The molecule has 0 aliphatic heterocycles. The van der Waals surface area contributed by atoms with E-state index in [1.807, 2.05) is 12.1 Å². The average molecular weight is 881 g/mol. The van der Waals surface area contributed by atoms with Gasteiger partial charge in [-0.15, -0.1) is 0 Å². The van der Waals surface area contributed by atoms with E-state index in [-0.39, 0.29) is 0 Å². The summed E-state index contributed by atoms with van der Waals surface area (Å²) in [5, 5.41) is 4.75. The first-order valence-electron chi connectivity index (χ1n) is 23.6. The molecular formula is C66H44N2O. The highest BCUT2D eigenvalue weighted by Gasteiger charge is 2.20. The average Bonchev–Trinajstić information content (AvgIpc) is 3.98. The number of hydrogen-bond acceptors (Lipinski definition) is 2. The Bertz CT molecular complexity index is 3960. The maximum Gasteiger partial charge on any atom is 0.143 e. The predicted molar refractivity (Wildman–Crippen MR) is 290 cm³/mol. The van der Waals surface area contributed by atoms with Crippen LogP contribution in [0.5, 0.6) is 0 Å². The van der Waals surface area contributed by atoms with Crippen LogP contribution in [0.25, 0.3) is 105 Å². The third-order valence-corrected chi connectivity index (χ3v) is 13.6. The molecule has 324 valence electrons. The molecule has 0 fully saturated rings. The van der Waals surface area contributed by atoms with Crippen molar-refractivity contribution in [2.75, 3.05) is 4.90 Å². The lowest BCUT2D eigenvalue weighted by Gasteiger charge is -2.27. The van der Waals surface area contributed by atoms with Gasteiger partial charge < -0.3 is 13.9 Å². The van der Waals surface area contributed by atoms with E-state index in [2.05, 4.69) is 264 Å². The molecule has 0 N–H and O–H groups in total. The molecule has 0 atom stereocenters. The van der Waals surface area contributed by atoms with Gasteiger partial charge in [0, 0.05) is 49.7 Å². The molecule has 69 heavy (non-hydrogen) atoms. The maximum atomic E-state index is 6.49. The zero-order valence-electron chi connectivity index (χ0n) is 37.7. The number of anilines is 3. The van der Waals surface area contributed by atoms with E-state index >= 15 is 0 Å². The zero-order chi connectivity index (χ0) is 45.7. The van der Waals surface area contributed by atoms with Gasteiger partial charge in [-0.25, -0.2) is 0 Å². The lowest BCUT2D eigenvalue weighted by atomic mass is 9.93. The number of nitrogens with zero attached hydrogens (tertiary/aromatic N) is 2. The van der Waals surface area contributed by atoms with Crippen molar-refractivity contribution in [2.45, 2.75) is 0 Å². The standard InChI is InChI=1S/C66H44N2O/c1-2-17-45(18-3-1)48-19-14-20-49(43-48)46-35-39-51(40-36-46)67(52-41-37-47(38-42-52)55-29-16-30-61-60-28-9-13-34-65(60)69-66(55)61)53-22-15-21-50(44-53)54-23-4-5-24-56(54)57-25-6-10-31-62(57)68-63-32-11-7-26-58(63)59-27-8-12-33-64(59)68/h1-44H. The summed E-state index contributed by atoms with van der Waals surface area (Å²) in [5.41, 5.74) is 20.1. The van der Waals surface area contributed by atoms with Crippen molar-refractivity contribution in [3.05, 3.63) is 267 Å². The largest absolute Gasteiger partial charge is 0.455 e. The molecule has 0 radical (unpaired) electrons. The van der Waals surface area contributed by atoms with E-state index in [9.17, 15) is 0 Å². The maximum absolute atomic E-state index is 6.49. The number of hydrogen-bond donors (Lipinski definition) is 0. The molecule has 0 unspecified atom stereocenters. The molecule has 3 heteroatoms. The molecule has 0 saturated carbocycles. The van der Waals surface area contributed by atoms with E-state index < -0.39 is 0 Å². The summed E-state index contributed by atoms with van der Waals surface area (Å²) in [4.78, 5) is 2.37.